The van der Waals surface area contributed by atoms with E-state index in [1.165, 1.54) is 22.6 Å². The average Bonchev–Trinajstić information content (AvgIpc) is 2.69. The van der Waals surface area contributed by atoms with Crippen molar-refractivity contribution in [1.29, 1.82) is 0 Å². The van der Waals surface area contributed by atoms with Gasteiger partial charge in [-0.3, -0.25) is 14.5 Å². The molecule has 0 aliphatic carbocycles. The number of benzene rings is 2. The lowest BCUT2D eigenvalue weighted by molar-refractivity contribution is -0.138. The highest BCUT2D eigenvalue weighted by Gasteiger charge is 2.25. The third-order valence-electron chi connectivity index (χ3n) is 4.91. The van der Waals surface area contributed by atoms with Crippen LogP contribution in [-0.4, -0.2) is 48.0 Å². The second-order valence-electron chi connectivity index (χ2n) is 6.89. The van der Waals surface area contributed by atoms with Gasteiger partial charge in [0.05, 0.1) is 0 Å². The molecule has 1 aliphatic rings. The predicted molar refractivity (Wildman–Crippen MR) is 104 cm³/mol. The van der Waals surface area contributed by atoms with Crippen LogP contribution >= 0.6 is 0 Å². The number of amides is 2. The molecule has 0 saturated carbocycles. The molecule has 0 radical (unpaired) electrons. The van der Waals surface area contributed by atoms with Gasteiger partial charge in [-0.05, 0) is 42.7 Å². The van der Waals surface area contributed by atoms with E-state index in [9.17, 15) is 14.7 Å². The Kier molecular flexibility index (Phi) is 6.08. The minimum atomic E-state index is -0.604. The van der Waals surface area contributed by atoms with Crippen LogP contribution in [0, 0.1) is 0 Å². The average molecular weight is 367 g/mol. The SMILES string of the molecule is CN(C(=O)C(=O)NC1CCN(Cc2ccccc2)CC1)c1ccc(O)cc1. The molecule has 0 aromatic heterocycles. The van der Waals surface area contributed by atoms with Crippen LogP contribution in [0.3, 0.4) is 0 Å². The summed E-state index contributed by atoms with van der Waals surface area (Å²) in [7, 11) is 1.55. The third kappa shape index (κ3) is 5.08. The first-order valence-corrected chi connectivity index (χ1v) is 9.17. The van der Waals surface area contributed by atoms with Gasteiger partial charge in [-0.2, -0.15) is 0 Å². The van der Waals surface area contributed by atoms with E-state index in [2.05, 4.69) is 22.3 Å². The van der Waals surface area contributed by atoms with Crippen molar-refractivity contribution in [2.75, 3.05) is 25.0 Å². The molecule has 6 nitrogen and oxygen atoms in total. The van der Waals surface area contributed by atoms with E-state index >= 15 is 0 Å². The first-order chi connectivity index (χ1) is 13.0. The lowest BCUT2D eigenvalue weighted by atomic mass is 10.0. The van der Waals surface area contributed by atoms with Crippen LogP contribution in [0.5, 0.6) is 5.75 Å². The molecule has 1 saturated heterocycles. The highest BCUT2D eigenvalue weighted by Crippen LogP contribution is 2.18. The second kappa shape index (κ2) is 8.68. The summed E-state index contributed by atoms with van der Waals surface area (Å²) in [5, 5.41) is 12.2. The Bertz CT molecular complexity index is 769. The Morgan fingerprint density at radius 3 is 2.33 bits per heavy atom. The number of hydrogen-bond acceptors (Lipinski definition) is 4. The van der Waals surface area contributed by atoms with Gasteiger partial charge in [0.2, 0.25) is 0 Å². The molecule has 27 heavy (non-hydrogen) atoms. The van der Waals surface area contributed by atoms with Gasteiger partial charge < -0.3 is 15.3 Å². The number of aromatic hydroxyl groups is 1. The topological polar surface area (TPSA) is 72.9 Å². The number of phenols is 1. The fraction of sp³-hybridized carbons (Fsp3) is 0.333. The van der Waals surface area contributed by atoms with Gasteiger partial charge in [0.15, 0.2) is 0 Å². The molecule has 2 aromatic rings. The molecule has 2 amide bonds. The lowest BCUT2D eigenvalue weighted by Crippen LogP contribution is -2.49. The van der Waals surface area contributed by atoms with Crippen molar-refractivity contribution < 1.29 is 14.7 Å². The first kappa shape index (κ1) is 18.9. The van der Waals surface area contributed by atoms with Crippen LogP contribution in [0.2, 0.25) is 0 Å². The normalized spacial score (nSPS) is 15.3. The lowest BCUT2D eigenvalue weighted by Gasteiger charge is -2.32. The summed E-state index contributed by atoms with van der Waals surface area (Å²) >= 11 is 0. The van der Waals surface area contributed by atoms with Crippen molar-refractivity contribution in [3.8, 4) is 5.75 Å². The zero-order valence-corrected chi connectivity index (χ0v) is 15.5. The number of carbonyl (C=O) groups excluding carboxylic acids is 2. The zero-order valence-electron chi connectivity index (χ0n) is 15.5. The monoisotopic (exact) mass is 367 g/mol. The maximum Gasteiger partial charge on any atom is 0.316 e. The maximum absolute atomic E-state index is 12.3. The molecule has 1 fully saturated rings. The number of nitrogens with one attached hydrogen (secondary N) is 1. The summed E-state index contributed by atoms with van der Waals surface area (Å²) < 4.78 is 0. The molecule has 0 unspecified atom stereocenters. The van der Waals surface area contributed by atoms with E-state index in [1.54, 1.807) is 19.2 Å². The molecule has 142 valence electrons. The fourth-order valence-electron chi connectivity index (χ4n) is 3.27. The summed E-state index contributed by atoms with van der Waals surface area (Å²) in [5.41, 5.74) is 1.84. The fourth-order valence-corrected chi connectivity index (χ4v) is 3.27. The van der Waals surface area contributed by atoms with E-state index in [0.717, 1.165) is 32.5 Å². The van der Waals surface area contributed by atoms with E-state index in [-0.39, 0.29) is 11.8 Å². The van der Waals surface area contributed by atoms with Gasteiger partial charge in [-0.1, -0.05) is 30.3 Å². The van der Waals surface area contributed by atoms with Gasteiger partial charge in [-0.25, -0.2) is 0 Å². The molecule has 0 bridgehead atoms. The number of likely N-dealkylation sites (tertiary alicyclic amines) is 1. The molecular weight excluding hydrogens is 342 g/mol. The molecule has 3 rings (SSSR count). The third-order valence-corrected chi connectivity index (χ3v) is 4.91. The van der Waals surface area contributed by atoms with Crippen molar-refractivity contribution >= 4 is 17.5 Å². The summed E-state index contributed by atoms with van der Waals surface area (Å²) in [5.74, 6) is -1.08. The highest BCUT2D eigenvalue weighted by molar-refractivity contribution is 6.40. The van der Waals surface area contributed by atoms with E-state index in [4.69, 9.17) is 0 Å². The number of rotatable bonds is 4. The molecule has 0 spiro atoms. The smallest absolute Gasteiger partial charge is 0.316 e. The summed E-state index contributed by atoms with van der Waals surface area (Å²) in [4.78, 5) is 28.3. The van der Waals surface area contributed by atoms with Crippen molar-refractivity contribution in [3.63, 3.8) is 0 Å². The first-order valence-electron chi connectivity index (χ1n) is 9.17. The Labute approximate surface area is 159 Å². The highest BCUT2D eigenvalue weighted by atomic mass is 16.3. The molecule has 2 N–H and O–H groups in total. The molecule has 0 atom stereocenters. The van der Waals surface area contributed by atoms with Crippen LogP contribution in [0.4, 0.5) is 5.69 Å². The summed E-state index contributed by atoms with van der Waals surface area (Å²) in [6.07, 6.45) is 1.66. The number of hydrogen-bond donors (Lipinski definition) is 2. The minimum absolute atomic E-state index is 0.0155. The Balaban J connectivity index is 1.47. The van der Waals surface area contributed by atoms with Crippen molar-refractivity contribution in [2.24, 2.45) is 0 Å². The summed E-state index contributed by atoms with van der Waals surface area (Å²) in [6.45, 7) is 2.69. The van der Waals surface area contributed by atoms with Crippen LogP contribution in [0.1, 0.15) is 18.4 Å². The second-order valence-corrected chi connectivity index (χ2v) is 6.89. The molecular formula is C21H25N3O3. The van der Waals surface area contributed by atoms with Gasteiger partial charge in [0.25, 0.3) is 0 Å². The standard InChI is InChI=1S/C21H25N3O3/c1-23(18-7-9-19(25)10-8-18)21(27)20(26)22-17-11-13-24(14-12-17)15-16-5-3-2-4-6-16/h2-10,17,25H,11-15H2,1H3,(H,22,26). The minimum Gasteiger partial charge on any atom is -0.508 e. The number of anilines is 1. The number of phenolic OH excluding ortho intramolecular Hbond substituents is 1. The Morgan fingerprint density at radius 2 is 1.70 bits per heavy atom. The van der Waals surface area contributed by atoms with Crippen molar-refractivity contribution in [2.45, 2.75) is 25.4 Å². The maximum atomic E-state index is 12.3. The van der Waals surface area contributed by atoms with Crippen LogP contribution < -0.4 is 10.2 Å². The molecule has 6 heteroatoms. The van der Waals surface area contributed by atoms with E-state index in [0.29, 0.717) is 5.69 Å². The van der Waals surface area contributed by atoms with Crippen LogP contribution in [0.15, 0.2) is 54.6 Å². The molecule has 1 aliphatic heterocycles. The molecule has 2 aromatic carbocycles. The largest absolute Gasteiger partial charge is 0.508 e. The zero-order chi connectivity index (χ0) is 19.2. The number of piperidine rings is 1. The van der Waals surface area contributed by atoms with Gasteiger partial charge in [-0.15, -0.1) is 0 Å². The van der Waals surface area contributed by atoms with Crippen LogP contribution in [0.25, 0.3) is 0 Å². The number of nitrogens with zero attached hydrogens (tertiary/aromatic N) is 2. The number of carbonyl (C=O) groups is 2. The van der Waals surface area contributed by atoms with Crippen molar-refractivity contribution in [1.82, 2.24) is 10.2 Å². The summed E-state index contributed by atoms with van der Waals surface area (Å²) in [6, 6.07) is 16.5. The molecule has 1 heterocycles. The van der Waals surface area contributed by atoms with Crippen LogP contribution in [-0.2, 0) is 16.1 Å². The number of likely N-dealkylation sites (N-methyl/N-ethyl adjacent to an activating group) is 1. The Hall–Kier alpha value is -2.86. The predicted octanol–water partition coefficient (Wildman–Crippen LogP) is 2.14. The van der Waals surface area contributed by atoms with Crippen molar-refractivity contribution in [3.05, 3.63) is 60.2 Å². The van der Waals surface area contributed by atoms with Gasteiger partial charge in [0, 0.05) is 38.4 Å². The Morgan fingerprint density at radius 1 is 1.07 bits per heavy atom. The van der Waals surface area contributed by atoms with Gasteiger partial charge >= 0.3 is 11.8 Å². The van der Waals surface area contributed by atoms with E-state index in [1.807, 2.05) is 18.2 Å². The van der Waals surface area contributed by atoms with E-state index < -0.39 is 11.8 Å². The van der Waals surface area contributed by atoms with Gasteiger partial charge in [0.1, 0.15) is 5.75 Å². The quantitative estimate of drug-likeness (QED) is 0.812.